The molecule has 7 nitrogen and oxygen atoms in total. The Balaban J connectivity index is 1.50. The molecule has 0 saturated heterocycles. The number of amides is 1. The minimum atomic E-state index is -3.88. The van der Waals surface area contributed by atoms with E-state index in [1.165, 1.54) is 22.5 Å². The number of rotatable bonds is 8. The molecule has 0 aliphatic carbocycles. The van der Waals surface area contributed by atoms with Crippen LogP contribution in [0.15, 0.2) is 77.7 Å². The predicted molar refractivity (Wildman–Crippen MR) is 130 cm³/mol. The average Bonchev–Trinajstić information content (AvgIpc) is 3.23. The number of hydrogen-bond acceptors (Lipinski definition) is 4. The van der Waals surface area contributed by atoms with E-state index in [0.29, 0.717) is 18.7 Å². The third kappa shape index (κ3) is 4.86. The number of halogens is 1. The van der Waals surface area contributed by atoms with Crippen molar-refractivity contribution in [1.82, 2.24) is 15.3 Å². The van der Waals surface area contributed by atoms with E-state index in [9.17, 15) is 13.2 Å². The molecule has 1 heterocycles. The minimum Gasteiger partial charge on any atom is -0.352 e. The molecule has 1 aromatic heterocycles. The average molecular weight is 483 g/mol. The van der Waals surface area contributed by atoms with E-state index < -0.39 is 15.9 Å². The Kier molecular flexibility index (Phi) is 6.67. The molecule has 0 aliphatic heterocycles. The lowest BCUT2D eigenvalue weighted by atomic mass is 10.2. The van der Waals surface area contributed by atoms with Crippen LogP contribution in [0.3, 0.4) is 0 Å². The third-order valence-electron chi connectivity index (χ3n) is 5.19. The first-order chi connectivity index (χ1) is 15.9. The van der Waals surface area contributed by atoms with Gasteiger partial charge in [-0.1, -0.05) is 41.9 Å². The normalized spacial score (nSPS) is 11.5. The van der Waals surface area contributed by atoms with Crippen molar-refractivity contribution in [3.63, 3.8) is 0 Å². The first-order valence-corrected chi connectivity index (χ1v) is 12.3. The molecular formula is C24H23ClN4O3S. The molecule has 170 valence electrons. The summed E-state index contributed by atoms with van der Waals surface area (Å²) in [6.07, 6.45) is 0.494. The Morgan fingerprint density at radius 3 is 2.52 bits per heavy atom. The molecule has 4 aromatic rings. The number of nitrogens with zero attached hydrogens (tertiary/aromatic N) is 2. The summed E-state index contributed by atoms with van der Waals surface area (Å²) in [5.74, 6) is 0.302. The van der Waals surface area contributed by atoms with Gasteiger partial charge in [0.25, 0.3) is 15.9 Å². The Morgan fingerprint density at radius 2 is 1.79 bits per heavy atom. The summed E-state index contributed by atoms with van der Waals surface area (Å²) in [6.45, 7) is 2.32. The van der Waals surface area contributed by atoms with Crippen molar-refractivity contribution in [3.05, 3.63) is 89.2 Å². The molecule has 0 unspecified atom stereocenters. The van der Waals surface area contributed by atoms with Crippen LogP contribution in [0.2, 0.25) is 5.02 Å². The first-order valence-electron chi connectivity index (χ1n) is 10.5. The lowest BCUT2D eigenvalue weighted by Gasteiger charge is -2.23. The molecule has 0 spiro atoms. The van der Waals surface area contributed by atoms with Gasteiger partial charge in [-0.15, -0.1) is 0 Å². The van der Waals surface area contributed by atoms with Crippen molar-refractivity contribution >= 4 is 44.3 Å². The zero-order valence-electron chi connectivity index (χ0n) is 18.0. The second-order valence-electron chi connectivity index (χ2n) is 7.35. The van der Waals surface area contributed by atoms with Crippen LogP contribution in [-0.2, 0) is 16.4 Å². The molecule has 1 amide bonds. The van der Waals surface area contributed by atoms with Crippen LogP contribution >= 0.6 is 11.6 Å². The third-order valence-corrected chi connectivity index (χ3v) is 7.42. The van der Waals surface area contributed by atoms with Crippen LogP contribution in [0.5, 0.6) is 0 Å². The SMILES string of the molecule is CCN(c1ccccc1)S(=O)(=O)c1ccc(Cl)c(C(=O)NCCc2nc3ccccc3[nH]2)c1. The highest BCUT2D eigenvalue weighted by atomic mass is 35.5. The molecule has 2 N–H and O–H groups in total. The summed E-state index contributed by atoms with van der Waals surface area (Å²) in [4.78, 5) is 20.5. The van der Waals surface area contributed by atoms with Crippen LogP contribution in [0, 0.1) is 0 Å². The van der Waals surface area contributed by atoms with E-state index in [-0.39, 0.29) is 22.0 Å². The van der Waals surface area contributed by atoms with Gasteiger partial charge in [-0.05, 0) is 49.4 Å². The number of benzene rings is 3. The van der Waals surface area contributed by atoms with E-state index in [4.69, 9.17) is 11.6 Å². The maximum atomic E-state index is 13.3. The van der Waals surface area contributed by atoms with Gasteiger partial charge in [-0.25, -0.2) is 13.4 Å². The number of carbonyl (C=O) groups excluding carboxylic acids is 1. The highest BCUT2D eigenvalue weighted by Gasteiger charge is 2.25. The molecule has 0 aliphatic rings. The molecule has 9 heteroatoms. The highest BCUT2D eigenvalue weighted by Crippen LogP contribution is 2.26. The van der Waals surface area contributed by atoms with Crippen LogP contribution in [-0.4, -0.2) is 37.4 Å². The minimum absolute atomic E-state index is 0.0000345. The van der Waals surface area contributed by atoms with Gasteiger partial charge in [-0.3, -0.25) is 9.10 Å². The lowest BCUT2D eigenvalue weighted by Crippen LogP contribution is -2.31. The van der Waals surface area contributed by atoms with Crippen molar-refractivity contribution in [3.8, 4) is 0 Å². The number of sulfonamides is 1. The fourth-order valence-corrected chi connectivity index (χ4v) is 5.27. The maximum absolute atomic E-state index is 13.3. The zero-order chi connectivity index (χ0) is 23.4. The van der Waals surface area contributed by atoms with Crippen LogP contribution in [0.4, 0.5) is 5.69 Å². The standard InChI is InChI=1S/C24H23ClN4O3S/c1-2-29(17-8-4-3-5-9-17)33(31,32)18-12-13-20(25)19(16-18)24(30)26-15-14-23-27-21-10-6-7-11-22(21)28-23/h3-13,16H,2,14-15H2,1H3,(H,26,30)(H,27,28). The van der Waals surface area contributed by atoms with Crippen LogP contribution in [0.25, 0.3) is 11.0 Å². The van der Waals surface area contributed by atoms with Crippen LogP contribution < -0.4 is 9.62 Å². The number of aromatic amines is 1. The number of nitrogens with one attached hydrogen (secondary N) is 2. The van der Waals surface area contributed by atoms with E-state index in [1.807, 2.05) is 30.3 Å². The van der Waals surface area contributed by atoms with Gasteiger partial charge < -0.3 is 10.3 Å². The number of fused-ring (bicyclic) bond motifs is 1. The first kappa shape index (κ1) is 22.8. The number of hydrogen-bond donors (Lipinski definition) is 2. The number of anilines is 1. The number of para-hydroxylation sites is 3. The monoisotopic (exact) mass is 482 g/mol. The van der Waals surface area contributed by atoms with Crippen molar-refractivity contribution in [2.24, 2.45) is 0 Å². The molecular weight excluding hydrogens is 460 g/mol. The van der Waals surface area contributed by atoms with Gasteiger partial charge in [0.15, 0.2) is 0 Å². The summed E-state index contributed by atoms with van der Waals surface area (Å²) in [5, 5.41) is 2.97. The quantitative estimate of drug-likeness (QED) is 0.389. The molecule has 0 atom stereocenters. The van der Waals surface area contributed by atoms with Crippen molar-refractivity contribution in [2.45, 2.75) is 18.2 Å². The lowest BCUT2D eigenvalue weighted by molar-refractivity contribution is 0.0954. The van der Waals surface area contributed by atoms with E-state index in [1.54, 1.807) is 31.2 Å². The topological polar surface area (TPSA) is 95.2 Å². The summed E-state index contributed by atoms with van der Waals surface area (Å²) >= 11 is 6.23. The summed E-state index contributed by atoms with van der Waals surface area (Å²) in [6, 6.07) is 20.7. The zero-order valence-corrected chi connectivity index (χ0v) is 19.5. The Bertz CT molecular complexity index is 1350. The highest BCUT2D eigenvalue weighted by molar-refractivity contribution is 7.92. The summed E-state index contributed by atoms with van der Waals surface area (Å²) < 4.78 is 27.8. The van der Waals surface area contributed by atoms with Gasteiger partial charge in [0.05, 0.1) is 32.2 Å². The molecule has 3 aromatic carbocycles. The Labute approximate surface area is 197 Å². The van der Waals surface area contributed by atoms with Gasteiger partial charge in [0.1, 0.15) is 5.82 Å². The molecule has 0 fully saturated rings. The molecule has 33 heavy (non-hydrogen) atoms. The molecule has 0 saturated carbocycles. The van der Waals surface area contributed by atoms with Gasteiger partial charge >= 0.3 is 0 Å². The number of imidazole rings is 1. The maximum Gasteiger partial charge on any atom is 0.264 e. The number of H-pyrrole nitrogens is 1. The van der Waals surface area contributed by atoms with E-state index >= 15 is 0 Å². The van der Waals surface area contributed by atoms with E-state index in [2.05, 4.69) is 15.3 Å². The number of aromatic nitrogens is 2. The second-order valence-corrected chi connectivity index (χ2v) is 9.62. The van der Waals surface area contributed by atoms with E-state index in [0.717, 1.165) is 16.9 Å². The van der Waals surface area contributed by atoms with Crippen molar-refractivity contribution < 1.29 is 13.2 Å². The Hall–Kier alpha value is -3.36. The van der Waals surface area contributed by atoms with Gasteiger partial charge in [0, 0.05) is 19.5 Å². The van der Waals surface area contributed by atoms with Crippen molar-refractivity contribution in [2.75, 3.05) is 17.4 Å². The number of carbonyl (C=O) groups is 1. The summed E-state index contributed by atoms with van der Waals surface area (Å²) in [5.41, 5.74) is 2.44. The fourth-order valence-electron chi connectivity index (χ4n) is 3.57. The van der Waals surface area contributed by atoms with Crippen molar-refractivity contribution in [1.29, 1.82) is 0 Å². The Morgan fingerprint density at radius 1 is 1.06 bits per heavy atom. The second kappa shape index (κ2) is 9.64. The van der Waals surface area contributed by atoms with Gasteiger partial charge in [-0.2, -0.15) is 0 Å². The molecule has 0 radical (unpaired) electrons. The largest absolute Gasteiger partial charge is 0.352 e. The van der Waals surface area contributed by atoms with Gasteiger partial charge in [0.2, 0.25) is 0 Å². The summed E-state index contributed by atoms with van der Waals surface area (Å²) in [7, 11) is -3.88. The fraction of sp³-hybridized carbons (Fsp3) is 0.167. The predicted octanol–water partition coefficient (Wildman–Crippen LogP) is 4.40. The molecule has 0 bridgehead atoms. The van der Waals surface area contributed by atoms with Crippen LogP contribution in [0.1, 0.15) is 23.1 Å². The molecule has 4 rings (SSSR count). The smallest absolute Gasteiger partial charge is 0.264 e.